The summed E-state index contributed by atoms with van der Waals surface area (Å²) in [4.78, 5) is 4.31. The molecule has 3 nitrogen and oxygen atoms in total. The Bertz CT molecular complexity index is 354. The first-order chi connectivity index (χ1) is 7.25. The highest BCUT2D eigenvalue weighted by molar-refractivity contribution is 5.81. The summed E-state index contributed by atoms with van der Waals surface area (Å²) in [5.41, 5.74) is 2.58. The minimum Gasteiger partial charge on any atom is -0.355 e. The van der Waals surface area contributed by atoms with E-state index in [1.807, 2.05) is 0 Å². The molecule has 2 rings (SSSR count). The minimum absolute atomic E-state index is 0.301. The number of aryl methyl sites for hydroxylation is 1. The standard InChI is InChI=1S/C12H17N3/c1-9-3-5-11(6-4-9)10(2)15-12-13-7-8-14-12/h3-6,10H,7-8H2,1-2H3,(H2,13,14,15)/t10-/m1/s1. The number of rotatable bonds is 2. The molecule has 0 spiro atoms. The summed E-state index contributed by atoms with van der Waals surface area (Å²) in [5, 5.41) is 6.56. The second-order valence-corrected chi connectivity index (χ2v) is 3.93. The molecular weight excluding hydrogens is 186 g/mol. The van der Waals surface area contributed by atoms with Gasteiger partial charge in [0.2, 0.25) is 0 Å². The topological polar surface area (TPSA) is 36.4 Å². The molecule has 0 amide bonds. The van der Waals surface area contributed by atoms with Crippen LogP contribution in [0.4, 0.5) is 0 Å². The summed E-state index contributed by atoms with van der Waals surface area (Å²) in [6.45, 7) is 6.07. The van der Waals surface area contributed by atoms with Gasteiger partial charge in [0.25, 0.3) is 0 Å². The van der Waals surface area contributed by atoms with E-state index in [-0.39, 0.29) is 0 Å². The van der Waals surface area contributed by atoms with Gasteiger partial charge in [-0.25, -0.2) is 0 Å². The molecule has 0 fully saturated rings. The average molecular weight is 203 g/mol. The number of aliphatic imine (C=N–C) groups is 1. The molecule has 1 heterocycles. The second kappa shape index (κ2) is 4.34. The normalized spacial score (nSPS) is 16.8. The fourth-order valence-corrected chi connectivity index (χ4v) is 1.64. The third-order valence-electron chi connectivity index (χ3n) is 2.60. The summed E-state index contributed by atoms with van der Waals surface area (Å²) < 4.78 is 0. The maximum Gasteiger partial charge on any atom is 0.191 e. The summed E-state index contributed by atoms with van der Waals surface area (Å²) in [7, 11) is 0. The zero-order valence-electron chi connectivity index (χ0n) is 9.25. The molecule has 0 bridgehead atoms. The highest BCUT2D eigenvalue weighted by atomic mass is 15.2. The molecule has 1 aliphatic rings. The molecule has 0 saturated carbocycles. The van der Waals surface area contributed by atoms with Crippen LogP contribution in [0.1, 0.15) is 24.1 Å². The second-order valence-electron chi connectivity index (χ2n) is 3.93. The predicted molar refractivity (Wildman–Crippen MR) is 63.0 cm³/mol. The van der Waals surface area contributed by atoms with E-state index in [0.717, 1.165) is 19.0 Å². The minimum atomic E-state index is 0.301. The molecule has 0 aromatic heterocycles. The van der Waals surface area contributed by atoms with Crippen molar-refractivity contribution in [3.8, 4) is 0 Å². The van der Waals surface area contributed by atoms with Gasteiger partial charge in [-0.15, -0.1) is 0 Å². The van der Waals surface area contributed by atoms with E-state index in [1.165, 1.54) is 11.1 Å². The van der Waals surface area contributed by atoms with Crippen molar-refractivity contribution < 1.29 is 0 Å². The van der Waals surface area contributed by atoms with Crippen LogP contribution in [0.25, 0.3) is 0 Å². The van der Waals surface area contributed by atoms with Gasteiger partial charge in [-0.05, 0) is 19.4 Å². The van der Waals surface area contributed by atoms with Gasteiger partial charge in [-0.2, -0.15) is 0 Å². The largest absolute Gasteiger partial charge is 0.355 e. The first kappa shape index (κ1) is 10.0. The number of nitrogens with zero attached hydrogens (tertiary/aromatic N) is 1. The van der Waals surface area contributed by atoms with E-state index in [2.05, 4.69) is 53.7 Å². The Balaban J connectivity index is 2.00. The monoisotopic (exact) mass is 203 g/mol. The predicted octanol–water partition coefficient (Wildman–Crippen LogP) is 1.60. The van der Waals surface area contributed by atoms with Crippen molar-refractivity contribution in [3.63, 3.8) is 0 Å². The van der Waals surface area contributed by atoms with Gasteiger partial charge in [0.1, 0.15) is 0 Å². The molecule has 80 valence electrons. The van der Waals surface area contributed by atoms with Crippen LogP contribution in [0.15, 0.2) is 29.3 Å². The molecule has 2 N–H and O–H groups in total. The van der Waals surface area contributed by atoms with Crippen molar-refractivity contribution in [1.82, 2.24) is 10.6 Å². The van der Waals surface area contributed by atoms with Gasteiger partial charge in [-0.3, -0.25) is 4.99 Å². The third-order valence-corrected chi connectivity index (χ3v) is 2.60. The molecule has 0 saturated heterocycles. The van der Waals surface area contributed by atoms with Crippen molar-refractivity contribution in [2.24, 2.45) is 4.99 Å². The zero-order valence-corrected chi connectivity index (χ0v) is 9.25. The van der Waals surface area contributed by atoms with Crippen LogP contribution in [0.3, 0.4) is 0 Å². The van der Waals surface area contributed by atoms with Gasteiger partial charge in [-0.1, -0.05) is 29.8 Å². The summed E-state index contributed by atoms with van der Waals surface area (Å²) in [6.07, 6.45) is 0. The van der Waals surface area contributed by atoms with Gasteiger partial charge in [0.15, 0.2) is 5.96 Å². The van der Waals surface area contributed by atoms with Gasteiger partial charge < -0.3 is 10.6 Å². The van der Waals surface area contributed by atoms with Crippen molar-refractivity contribution >= 4 is 5.96 Å². The Morgan fingerprint density at radius 3 is 2.67 bits per heavy atom. The lowest BCUT2D eigenvalue weighted by Gasteiger charge is -2.15. The molecule has 0 unspecified atom stereocenters. The van der Waals surface area contributed by atoms with Crippen LogP contribution < -0.4 is 10.6 Å². The Hall–Kier alpha value is -1.51. The maximum atomic E-state index is 4.31. The summed E-state index contributed by atoms with van der Waals surface area (Å²) in [6, 6.07) is 8.88. The molecule has 1 aliphatic heterocycles. The van der Waals surface area contributed by atoms with E-state index in [9.17, 15) is 0 Å². The molecule has 1 aromatic rings. The van der Waals surface area contributed by atoms with Gasteiger partial charge >= 0.3 is 0 Å². The fourth-order valence-electron chi connectivity index (χ4n) is 1.64. The number of guanidine groups is 1. The van der Waals surface area contributed by atoms with E-state index >= 15 is 0 Å². The van der Waals surface area contributed by atoms with E-state index < -0.39 is 0 Å². The molecule has 3 heteroatoms. The van der Waals surface area contributed by atoms with Crippen molar-refractivity contribution in [1.29, 1.82) is 0 Å². The molecule has 0 radical (unpaired) electrons. The van der Waals surface area contributed by atoms with Crippen molar-refractivity contribution in [3.05, 3.63) is 35.4 Å². The van der Waals surface area contributed by atoms with Crippen LogP contribution >= 0.6 is 0 Å². The van der Waals surface area contributed by atoms with Crippen LogP contribution in [0.5, 0.6) is 0 Å². The molecule has 0 aliphatic carbocycles. The molecule has 15 heavy (non-hydrogen) atoms. The van der Waals surface area contributed by atoms with Crippen LogP contribution in [0, 0.1) is 6.92 Å². The van der Waals surface area contributed by atoms with Crippen molar-refractivity contribution in [2.75, 3.05) is 13.1 Å². The highest BCUT2D eigenvalue weighted by Gasteiger charge is 2.09. The number of hydrogen-bond donors (Lipinski definition) is 2. The first-order valence-corrected chi connectivity index (χ1v) is 5.37. The lowest BCUT2D eigenvalue weighted by Crippen LogP contribution is -2.35. The van der Waals surface area contributed by atoms with Crippen molar-refractivity contribution in [2.45, 2.75) is 19.9 Å². The molecular formula is C12H17N3. The Kier molecular flexibility index (Phi) is 2.90. The molecule has 1 aromatic carbocycles. The van der Waals surface area contributed by atoms with Gasteiger partial charge in [0.05, 0.1) is 12.6 Å². The zero-order chi connectivity index (χ0) is 10.7. The summed E-state index contributed by atoms with van der Waals surface area (Å²) in [5.74, 6) is 0.920. The maximum absolute atomic E-state index is 4.31. The summed E-state index contributed by atoms with van der Waals surface area (Å²) >= 11 is 0. The molecule has 1 atom stereocenters. The van der Waals surface area contributed by atoms with E-state index in [0.29, 0.717) is 6.04 Å². The highest BCUT2D eigenvalue weighted by Crippen LogP contribution is 2.12. The Morgan fingerprint density at radius 1 is 1.33 bits per heavy atom. The average Bonchev–Trinajstić information content (AvgIpc) is 2.71. The van der Waals surface area contributed by atoms with E-state index in [4.69, 9.17) is 0 Å². The SMILES string of the molecule is Cc1ccc([C@@H](C)NC2=NCCN2)cc1. The lowest BCUT2D eigenvalue weighted by atomic mass is 10.1. The Morgan fingerprint density at radius 2 is 2.07 bits per heavy atom. The van der Waals surface area contributed by atoms with E-state index in [1.54, 1.807) is 0 Å². The quantitative estimate of drug-likeness (QED) is 0.766. The lowest BCUT2D eigenvalue weighted by molar-refractivity contribution is 0.702. The van der Waals surface area contributed by atoms with Crippen LogP contribution in [-0.4, -0.2) is 19.0 Å². The fraction of sp³-hybridized carbons (Fsp3) is 0.417. The number of benzene rings is 1. The third kappa shape index (κ3) is 2.49. The van der Waals surface area contributed by atoms with Crippen LogP contribution in [0.2, 0.25) is 0 Å². The smallest absolute Gasteiger partial charge is 0.191 e. The number of nitrogens with one attached hydrogen (secondary N) is 2. The van der Waals surface area contributed by atoms with Gasteiger partial charge in [0, 0.05) is 6.54 Å². The Labute approximate surface area is 90.6 Å². The van der Waals surface area contributed by atoms with Crippen LogP contribution in [-0.2, 0) is 0 Å². The number of hydrogen-bond acceptors (Lipinski definition) is 3. The first-order valence-electron chi connectivity index (χ1n) is 5.37.